The summed E-state index contributed by atoms with van der Waals surface area (Å²) < 4.78 is 15.9. The van der Waals surface area contributed by atoms with Crippen molar-refractivity contribution in [2.75, 3.05) is 0 Å². The molecule has 0 amide bonds. The van der Waals surface area contributed by atoms with Crippen LogP contribution in [-0.4, -0.2) is 21.0 Å². The van der Waals surface area contributed by atoms with Crippen LogP contribution in [0.3, 0.4) is 0 Å². The van der Waals surface area contributed by atoms with Gasteiger partial charge < -0.3 is 5.11 Å². The fourth-order valence-electron chi connectivity index (χ4n) is 1.53. The Morgan fingerprint density at radius 3 is 2.47 bits per heavy atom. The van der Waals surface area contributed by atoms with E-state index in [1.165, 1.54) is 30.5 Å². The highest BCUT2D eigenvalue weighted by atomic mass is 79.9. The van der Waals surface area contributed by atoms with E-state index in [9.17, 15) is 14.3 Å². The van der Waals surface area contributed by atoms with Crippen molar-refractivity contribution in [1.82, 2.24) is 9.97 Å². The topological polar surface area (TPSA) is 63.1 Å². The van der Waals surface area contributed by atoms with Gasteiger partial charge in [-0.3, -0.25) is 4.98 Å². The van der Waals surface area contributed by atoms with Crippen LogP contribution in [0.25, 0.3) is 0 Å². The molecular weight excluding hydrogens is 383 g/mol. The van der Waals surface area contributed by atoms with Crippen molar-refractivity contribution in [2.45, 2.75) is 5.67 Å². The highest BCUT2D eigenvalue weighted by Crippen LogP contribution is 2.34. The number of pyridine rings is 2. The first-order valence-electron chi connectivity index (χ1n) is 5.12. The van der Waals surface area contributed by atoms with E-state index in [2.05, 4.69) is 41.8 Å². The summed E-state index contributed by atoms with van der Waals surface area (Å²) in [5, 5.41) is 9.22. The molecule has 0 aromatic carbocycles. The van der Waals surface area contributed by atoms with E-state index in [-0.39, 0.29) is 11.4 Å². The molecule has 0 bridgehead atoms. The summed E-state index contributed by atoms with van der Waals surface area (Å²) in [4.78, 5) is 19.0. The van der Waals surface area contributed by atoms with E-state index in [4.69, 9.17) is 0 Å². The number of hydrogen-bond donors (Lipinski definition) is 1. The molecule has 2 aromatic heterocycles. The first kappa shape index (κ1) is 14.1. The zero-order valence-electron chi connectivity index (χ0n) is 9.35. The van der Waals surface area contributed by atoms with Crippen LogP contribution in [0.4, 0.5) is 4.39 Å². The lowest BCUT2D eigenvalue weighted by molar-refractivity contribution is -0.149. The first-order chi connectivity index (χ1) is 8.96. The Kier molecular flexibility index (Phi) is 3.96. The van der Waals surface area contributed by atoms with Gasteiger partial charge >= 0.3 is 5.97 Å². The van der Waals surface area contributed by atoms with Crippen LogP contribution in [0.2, 0.25) is 0 Å². The molecule has 0 saturated carbocycles. The van der Waals surface area contributed by atoms with Crippen LogP contribution in [-0.2, 0) is 10.5 Å². The van der Waals surface area contributed by atoms with Gasteiger partial charge in [-0.05, 0) is 56.1 Å². The normalized spacial score (nSPS) is 13.8. The lowest BCUT2D eigenvalue weighted by Crippen LogP contribution is -2.34. The summed E-state index contributed by atoms with van der Waals surface area (Å²) in [5.74, 6) is -1.66. The highest BCUT2D eigenvalue weighted by molar-refractivity contribution is 9.13. The van der Waals surface area contributed by atoms with Crippen LogP contribution in [0.1, 0.15) is 11.4 Å². The van der Waals surface area contributed by atoms with Crippen LogP contribution in [0, 0.1) is 0 Å². The molecule has 2 rings (SSSR count). The van der Waals surface area contributed by atoms with Gasteiger partial charge in [0.25, 0.3) is 5.67 Å². The molecule has 7 heteroatoms. The Morgan fingerprint density at radius 2 is 1.95 bits per heavy atom. The minimum Gasteiger partial charge on any atom is -0.478 e. The number of rotatable bonds is 3. The van der Waals surface area contributed by atoms with E-state index in [1.54, 1.807) is 6.07 Å². The zero-order chi connectivity index (χ0) is 14.0. The smallest absolute Gasteiger partial charge is 0.354 e. The second-order valence-electron chi connectivity index (χ2n) is 3.65. The second kappa shape index (κ2) is 5.34. The predicted molar refractivity (Wildman–Crippen MR) is 73.4 cm³/mol. The third-order valence-corrected chi connectivity index (χ3v) is 4.25. The zero-order valence-corrected chi connectivity index (χ0v) is 12.5. The van der Waals surface area contributed by atoms with Crippen molar-refractivity contribution in [3.63, 3.8) is 0 Å². The van der Waals surface area contributed by atoms with Gasteiger partial charge in [0, 0.05) is 6.20 Å². The summed E-state index contributed by atoms with van der Waals surface area (Å²) >= 11 is 6.32. The maximum absolute atomic E-state index is 14.9. The molecule has 98 valence electrons. The van der Waals surface area contributed by atoms with Crippen molar-refractivity contribution in [1.29, 1.82) is 0 Å². The quantitative estimate of drug-likeness (QED) is 0.818. The lowest BCUT2D eigenvalue weighted by Gasteiger charge is -2.19. The second-order valence-corrected chi connectivity index (χ2v) is 5.25. The molecule has 4 nitrogen and oxygen atoms in total. The highest BCUT2D eigenvalue weighted by Gasteiger charge is 2.46. The molecule has 1 atom stereocenters. The van der Waals surface area contributed by atoms with Gasteiger partial charge in [0.05, 0.1) is 15.9 Å². The maximum Gasteiger partial charge on any atom is 0.354 e. The molecule has 1 N–H and O–H groups in total. The Bertz CT molecular complexity index is 624. The van der Waals surface area contributed by atoms with E-state index < -0.39 is 11.6 Å². The molecule has 2 aromatic rings. The number of carbonyl (C=O) groups is 1. The number of aromatic nitrogens is 2. The monoisotopic (exact) mass is 388 g/mol. The van der Waals surface area contributed by atoms with Gasteiger partial charge in [-0.1, -0.05) is 6.07 Å². The molecule has 0 fully saturated rings. The van der Waals surface area contributed by atoms with E-state index in [0.29, 0.717) is 9.08 Å². The van der Waals surface area contributed by atoms with E-state index >= 15 is 0 Å². The van der Waals surface area contributed by atoms with Crippen LogP contribution in [0.15, 0.2) is 45.6 Å². The van der Waals surface area contributed by atoms with Gasteiger partial charge in [0.15, 0.2) is 0 Å². The molecule has 0 spiro atoms. The van der Waals surface area contributed by atoms with E-state index in [1.807, 2.05) is 0 Å². The number of alkyl halides is 1. The third-order valence-electron chi connectivity index (χ3n) is 2.47. The molecule has 19 heavy (non-hydrogen) atoms. The standard InChI is InChI=1S/C12H7Br2FN2O2/c13-7-4-5-9(17-10(7)14)12(15,11(18)19)8-3-1-2-6-16-8/h1-6H,(H,18,19). The average molecular weight is 390 g/mol. The summed E-state index contributed by atoms with van der Waals surface area (Å²) in [6.07, 6.45) is 1.33. The number of carboxylic acid groups (broad SMARTS) is 1. The van der Waals surface area contributed by atoms with Crippen molar-refractivity contribution < 1.29 is 14.3 Å². The number of halogens is 3. The van der Waals surface area contributed by atoms with Gasteiger partial charge in [0.2, 0.25) is 0 Å². The SMILES string of the molecule is O=C(O)C(F)(c1ccccn1)c1ccc(Br)c(Br)n1. The summed E-state index contributed by atoms with van der Waals surface area (Å²) in [6.45, 7) is 0. The third kappa shape index (κ3) is 2.52. The number of hydrogen-bond acceptors (Lipinski definition) is 3. The predicted octanol–water partition coefficient (Wildman–Crippen LogP) is 3.30. The number of nitrogens with zero attached hydrogens (tertiary/aromatic N) is 2. The molecule has 0 aliphatic rings. The van der Waals surface area contributed by atoms with Crippen LogP contribution >= 0.6 is 31.9 Å². The Hall–Kier alpha value is -1.34. The first-order valence-corrected chi connectivity index (χ1v) is 6.71. The van der Waals surface area contributed by atoms with Crippen molar-refractivity contribution in [2.24, 2.45) is 0 Å². The van der Waals surface area contributed by atoms with Gasteiger partial charge in [-0.25, -0.2) is 14.2 Å². The largest absolute Gasteiger partial charge is 0.478 e. The molecule has 0 saturated heterocycles. The fraction of sp³-hybridized carbons (Fsp3) is 0.0833. The Morgan fingerprint density at radius 1 is 1.21 bits per heavy atom. The lowest BCUT2D eigenvalue weighted by atomic mass is 9.96. The van der Waals surface area contributed by atoms with E-state index in [0.717, 1.165) is 0 Å². The summed E-state index contributed by atoms with van der Waals surface area (Å²) in [6, 6.07) is 7.24. The molecule has 2 heterocycles. The minimum atomic E-state index is -2.79. The fourth-order valence-corrected chi connectivity index (χ4v) is 2.07. The number of carboxylic acids is 1. The van der Waals surface area contributed by atoms with Gasteiger partial charge in [0.1, 0.15) is 4.60 Å². The van der Waals surface area contributed by atoms with Crippen LogP contribution in [0.5, 0.6) is 0 Å². The molecule has 0 radical (unpaired) electrons. The van der Waals surface area contributed by atoms with Gasteiger partial charge in [-0.15, -0.1) is 0 Å². The number of aliphatic carboxylic acids is 1. The Balaban J connectivity index is 2.63. The molecule has 0 aliphatic carbocycles. The minimum absolute atomic E-state index is 0.218. The molecular formula is C12H7Br2FN2O2. The van der Waals surface area contributed by atoms with Crippen molar-refractivity contribution in [3.8, 4) is 0 Å². The Labute approximate surface area is 125 Å². The summed E-state index contributed by atoms with van der Waals surface area (Å²) in [7, 11) is 0. The summed E-state index contributed by atoms with van der Waals surface area (Å²) in [5.41, 5.74) is -3.25. The van der Waals surface area contributed by atoms with Gasteiger partial charge in [-0.2, -0.15) is 0 Å². The maximum atomic E-state index is 14.9. The molecule has 0 aliphatic heterocycles. The average Bonchev–Trinajstić information content (AvgIpc) is 2.41. The van der Waals surface area contributed by atoms with Crippen LogP contribution < -0.4 is 0 Å². The van der Waals surface area contributed by atoms with Crippen molar-refractivity contribution >= 4 is 37.8 Å². The molecule has 1 unspecified atom stereocenters. The van der Waals surface area contributed by atoms with Crippen molar-refractivity contribution in [3.05, 3.63) is 57.0 Å².